The number of anilines is 2. The molecule has 1 N–H and O–H groups in total. The maximum absolute atomic E-state index is 13.2. The molecule has 1 aromatic heterocycles. The lowest BCUT2D eigenvalue weighted by Gasteiger charge is -2.27. The highest BCUT2D eigenvalue weighted by Crippen LogP contribution is 2.21. The van der Waals surface area contributed by atoms with E-state index < -0.39 is 0 Å². The van der Waals surface area contributed by atoms with Crippen LogP contribution in [0.1, 0.15) is 17.0 Å². The fourth-order valence-corrected chi connectivity index (χ4v) is 2.80. The predicted molar refractivity (Wildman–Crippen MR) is 93.3 cm³/mol. The number of aromatic nitrogens is 2. The van der Waals surface area contributed by atoms with Crippen molar-refractivity contribution in [1.82, 2.24) is 9.97 Å². The van der Waals surface area contributed by atoms with Gasteiger partial charge in [-0.1, -0.05) is 12.1 Å². The number of nitrogens with zero attached hydrogens (tertiary/aromatic N) is 3. The summed E-state index contributed by atoms with van der Waals surface area (Å²) in [6.07, 6.45) is 0.0991. The number of carbonyl (C=O) groups is 1. The molecule has 0 saturated carbocycles. The van der Waals surface area contributed by atoms with E-state index in [1.165, 1.54) is 12.1 Å². The van der Waals surface area contributed by atoms with Gasteiger partial charge in [0.05, 0.1) is 36.7 Å². The largest absolute Gasteiger partial charge is 0.378 e. The standard InChI is InChI=1S/C18H21FN4O2/c1-12-17(22-16(24)11-14-4-3-5-15(19)10-14)13(2)21-18(20-12)23-6-8-25-9-7-23/h3-5,10H,6-9,11H2,1-2H3,(H,22,24). The molecule has 1 aliphatic heterocycles. The van der Waals surface area contributed by atoms with Crippen molar-refractivity contribution in [2.24, 2.45) is 0 Å². The Morgan fingerprint density at radius 2 is 1.92 bits per heavy atom. The third kappa shape index (κ3) is 4.30. The molecule has 1 aromatic carbocycles. The van der Waals surface area contributed by atoms with Gasteiger partial charge in [-0.2, -0.15) is 0 Å². The number of ether oxygens (including phenoxy) is 1. The molecule has 0 unspecified atom stereocenters. The Balaban J connectivity index is 1.72. The summed E-state index contributed by atoms with van der Waals surface area (Å²) in [5.41, 5.74) is 2.65. The Kier molecular flexibility index (Phi) is 5.23. The predicted octanol–water partition coefficient (Wildman–Crippen LogP) is 2.25. The van der Waals surface area contributed by atoms with Crippen LogP contribution in [0.25, 0.3) is 0 Å². The maximum Gasteiger partial charge on any atom is 0.228 e. The van der Waals surface area contributed by atoms with Crippen molar-refractivity contribution in [1.29, 1.82) is 0 Å². The number of halogens is 1. The number of aryl methyl sites for hydroxylation is 2. The number of amides is 1. The van der Waals surface area contributed by atoms with Crippen molar-refractivity contribution in [3.8, 4) is 0 Å². The summed E-state index contributed by atoms with van der Waals surface area (Å²) in [6, 6.07) is 6.03. The highest BCUT2D eigenvalue weighted by molar-refractivity contribution is 5.93. The Labute approximate surface area is 146 Å². The number of carbonyl (C=O) groups excluding carboxylic acids is 1. The quantitative estimate of drug-likeness (QED) is 0.921. The average Bonchev–Trinajstić information content (AvgIpc) is 2.59. The van der Waals surface area contributed by atoms with E-state index in [0.29, 0.717) is 41.8 Å². The summed E-state index contributed by atoms with van der Waals surface area (Å²) in [7, 11) is 0. The molecule has 2 aromatic rings. The molecule has 2 heterocycles. The number of rotatable bonds is 4. The highest BCUT2D eigenvalue weighted by atomic mass is 19.1. The summed E-state index contributed by atoms with van der Waals surface area (Å²) >= 11 is 0. The van der Waals surface area contributed by atoms with Crippen LogP contribution < -0.4 is 10.2 Å². The van der Waals surface area contributed by atoms with Gasteiger partial charge in [0.15, 0.2) is 0 Å². The van der Waals surface area contributed by atoms with Crippen LogP contribution in [0.2, 0.25) is 0 Å². The van der Waals surface area contributed by atoms with Crippen LogP contribution in [0.4, 0.5) is 16.0 Å². The van der Waals surface area contributed by atoms with Gasteiger partial charge in [0.25, 0.3) is 0 Å². The van der Waals surface area contributed by atoms with E-state index in [0.717, 1.165) is 13.1 Å². The molecular formula is C18H21FN4O2. The van der Waals surface area contributed by atoms with Gasteiger partial charge in [0.1, 0.15) is 5.82 Å². The Morgan fingerprint density at radius 3 is 2.56 bits per heavy atom. The molecule has 1 amide bonds. The van der Waals surface area contributed by atoms with E-state index in [1.807, 2.05) is 13.8 Å². The van der Waals surface area contributed by atoms with Crippen LogP contribution in [-0.4, -0.2) is 42.2 Å². The molecule has 25 heavy (non-hydrogen) atoms. The molecule has 0 aliphatic carbocycles. The van der Waals surface area contributed by atoms with Crippen molar-refractivity contribution in [3.05, 3.63) is 47.0 Å². The molecule has 1 fully saturated rings. The molecule has 6 nitrogen and oxygen atoms in total. The van der Waals surface area contributed by atoms with Crippen LogP contribution in [-0.2, 0) is 16.0 Å². The molecule has 132 valence electrons. The zero-order valence-electron chi connectivity index (χ0n) is 14.4. The topological polar surface area (TPSA) is 67.3 Å². The number of hydrogen-bond donors (Lipinski definition) is 1. The lowest BCUT2D eigenvalue weighted by Crippen LogP contribution is -2.37. The zero-order valence-corrected chi connectivity index (χ0v) is 14.4. The van der Waals surface area contributed by atoms with Gasteiger partial charge in [0.2, 0.25) is 11.9 Å². The van der Waals surface area contributed by atoms with Crippen LogP contribution in [0, 0.1) is 19.7 Å². The summed E-state index contributed by atoms with van der Waals surface area (Å²) in [5.74, 6) is 0.0804. The zero-order chi connectivity index (χ0) is 17.8. The van der Waals surface area contributed by atoms with Gasteiger partial charge < -0.3 is 15.0 Å². The monoisotopic (exact) mass is 344 g/mol. The normalized spacial score (nSPS) is 14.4. The van der Waals surface area contributed by atoms with E-state index in [2.05, 4.69) is 20.2 Å². The third-order valence-electron chi connectivity index (χ3n) is 4.07. The number of hydrogen-bond acceptors (Lipinski definition) is 5. The van der Waals surface area contributed by atoms with Gasteiger partial charge in [-0.05, 0) is 31.5 Å². The van der Waals surface area contributed by atoms with Gasteiger partial charge in [0, 0.05) is 13.1 Å². The van der Waals surface area contributed by atoms with E-state index in [1.54, 1.807) is 12.1 Å². The first kappa shape index (κ1) is 17.3. The van der Waals surface area contributed by atoms with Crippen molar-refractivity contribution in [3.63, 3.8) is 0 Å². The first-order valence-corrected chi connectivity index (χ1v) is 8.25. The van der Waals surface area contributed by atoms with Crippen LogP contribution in [0.3, 0.4) is 0 Å². The van der Waals surface area contributed by atoms with E-state index in [4.69, 9.17) is 4.74 Å². The minimum absolute atomic E-state index is 0.0991. The number of benzene rings is 1. The van der Waals surface area contributed by atoms with E-state index >= 15 is 0 Å². The summed E-state index contributed by atoms with van der Waals surface area (Å²) in [6.45, 7) is 6.52. The van der Waals surface area contributed by atoms with Gasteiger partial charge in [-0.25, -0.2) is 14.4 Å². The number of morpholine rings is 1. The van der Waals surface area contributed by atoms with Gasteiger partial charge >= 0.3 is 0 Å². The van der Waals surface area contributed by atoms with E-state index in [9.17, 15) is 9.18 Å². The lowest BCUT2D eigenvalue weighted by atomic mass is 10.1. The smallest absolute Gasteiger partial charge is 0.228 e. The van der Waals surface area contributed by atoms with Crippen molar-refractivity contribution in [2.45, 2.75) is 20.3 Å². The average molecular weight is 344 g/mol. The van der Waals surface area contributed by atoms with Crippen LogP contribution >= 0.6 is 0 Å². The fraction of sp³-hybridized carbons (Fsp3) is 0.389. The van der Waals surface area contributed by atoms with E-state index in [-0.39, 0.29) is 18.1 Å². The molecule has 1 saturated heterocycles. The summed E-state index contributed by atoms with van der Waals surface area (Å²) < 4.78 is 18.6. The van der Waals surface area contributed by atoms with Crippen LogP contribution in [0.15, 0.2) is 24.3 Å². The third-order valence-corrected chi connectivity index (χ3v) is 4.07. The molecular weight excluding hydrogens is 323 g/mol. The minimum Gasteiger partial charge on any atom is -0.378 e. The molecule has 7 heteroatoms. The first-order valence-electron chi connectivity index (χ1n) is 8.25. The fourth-order valence-electron chi connectivity index (χ4n) is 2.80. The Bertz CT molecular complexity index is 752. The Morgan fingerprint density at radius 1 is 1.24 bits per heavy atom. The summed E-state index contributed by atoms with van der Waals surface area (Å²) in [5, 5.41) is 2.85. The SMILES string of the molecule is Cc1nc(N2CCOCC2)nc(C)c1NC(=O)Cc1cccc(F)c1. The Hall–Kier alpha value is -2.54. The second kappa shape index (κ2) is 7.57. The van der Waals surface area contributed by atoms with Crippen LogP contribution in [0.5, 0.6) is 0 Å². The molecule has 3 rings (SSSR count). The summed E-state index contributed by atoms with van der Waals surface area (Å²) in [4.78, 5) is 23.4. The van der Waals surface area contributed by atoms with Crippen molar-refractivity contribution in [2.75, 3.05) is 36.5 Å². The van der Waals surface area contributed by atoms with Gasteiger partial charge in [-0.3, -0.25) is 4.79 Å². The maximum atomic E-state index is 13.2. The molecule has 0 spiro atoms. The lowest BCUT2D eigenvalue weighted by molar-refractivity contribution is -0.115. The second-order valence-corrected chi connectivity index (χ2v) is 6.02. The molecule has 1 aliphatic rings. The first-order chi connectivity index (χ1) is 12.0. The number of nitrogens with one attached hydrogen (secondary N) is 1. The highest BCUT2D eigenvalue weighted by Gasteiger charge is 2.18. The second-order valence-electron chi connectivity index (χ2n) is 6.02. The van der Waals surface area contributed by atoms with Gasteiger partial charge in [-0.15, -0.1) is 0 Å². The molecule has 0 radical (unpaired) electrons. The van der Waals surface area contributed by atoms with Crippen molar-refractivity contribution >= 4 is 17.5 Å². The molecule has 0 bridgehead atoms. The van der Waals surface area contributed by atoms with Crippen molar-refractivity contribution < 1.29 is 13.9 Å². The minimum atomic E-state index is -0.351. The molecule has 0 atom stereocenters.